The first-order chi connectivity index (χ1) is 10.6. The molecule has 0 spiro atoms. The quantitative estimate of drug-likeness (QED) is 0.819. The van der Waals surface area contributed by atoms with Crippen LogP contribution in [-0.4, -0.2) is 29.4 Å². The summed E-state index contributed by atoms with van der Waals surface area (Å²) in [7, 11) is 1.97. The number of allylic oxidation sites excluding steroid dienone is 4. The number of rotatable bonds is 6. The molecule has 0 radical (unpaired) electrons. The monoisotopic (exact) mass is 318 g/mol. The highest BCUT2D eigenvalue weighted by Gasteiger charge is 2.41. The number of aromatic nitrogens is 1. The molecule has 1 heterocycles. The van der Waals surface area contributed by atoms with Crippen LogP contribution in [0.25, 0.3) is 5.57 Å². The molecule has 3 rings (SSSR count). The van der Waals surface area contributed by atoms with Gasteiger partial charge in [0.2, 0.25) is 5.24 Å². The highest BCUT2D eigenvalue weighted by atomic mass is 35.5. The number of ether oxygens (including phenoxy) is 1. The maximum absolute atomic E-state index is 11.3. The number of halogens is 1. The first-order valence-electron chi connectivity index (χ1n) is 7.46. The maximum Gasteiger partial charge on any atom is 0.228 e. The van der Waals surface area contributed by atoms with E-state index in [0.29, 0.717) is 13.0 Å². The molecule has 1 atom stereocenters. The largest absolute Gasteiger partial charge is 0.490 e. The molecule has 1 N–H and O–H groups in total. The molecular formula is C17H19ClN2O2. The number of hydrogen-bond donors (Lipinski definition) is 1. The van der Waals surface area contributed by atoms with Gasteiger partial charge in [-0.15, -0.1) is 0 Å². The SMILES string of the molecule is CNC1(COc2cncc(C3=CC=CC(C(=O)Cl)C3)c2)CC1. The molecular weight excluding hydrogens is 300 g/mol. The molecule has 0 aromatic carbocycles. The Morgan fingerprint density at radius 3 is 3.00 bits per heavy atom. The molecule has 1 aromatic rings. The fourth-order valence-corrected chi connectivity index (χ4v) is 2.71. The van der Waals surface area contributed by atoms with Crippen LogP contribution in [0.1, 0.15) is 24.8 Å². The van der Waals surface area contributed by atoms with E-state index in [1.807, 2.05) is 31.3 Å². The number of pyridine rings is 1. The number of hydrogen-bond acceptors (Lipinski definition) is 4. The van der Waals surface area contributed by atoms with E-state index >= 15 is 0 Å². The van der Waals surface area contributed by atoms with E-state index in [1.54, 1.807) is 12.4 Å². The van der Waals surface area contributed by atoms with E-state index in [-0.39, 0.29) is 16.7 Å². The average molecular weight is 319 g/mol. The first kappa shape index (κ1) is 15.3. The van der Waals surface area contributed by atoms with Crippen LogP contribution in [0.5, 0.6) is 5.75 Å². The molecule has 1 fully saturated rings. The van der Waals surface area contributed by atoms with E-state index in [1.165, 1.54) is 0 Å². The van der Waals surface area contributed by atoms with E-state index in [4.69, 9.17) is 16.3 Å². The molecule has 1 aromatic heterocycles. The van der Waals surface area contributed by atoms with Crippen molar-refractivity contribution in [1.29, 1.82) is 0 Å². The summed E-state index contributed by atoms with van der Waals surface area (Å²) in [5.74, 6) is 0.494. The fourth-order valence-electron chi connectivity index (χ4n) is 2.56. The summed E-state index contributed by atoms with van der Waals surface area (Å²) >= 11 is 5.60. The van der Waals surface area contributed by atoms with Crippen molar-refractivity contribution in [3.05, 3.63) is 42.3 Å². The lowest BCUT2D eigenvalue weighted by molar-refractivity contribution is -0.113. The summed E-state index contributed by atoms with van der Waals surface area (Å²) in [5, 5.41) is 2.97. The summed E-state index contributed by atoms with van der Waals surface area (Å²) in [6.07, 6.45) is 12.1. The van der Waals surface area contributed by atoms with Crippen LogP contribution in [0.15, 0.2) is 36.7 Å². The Labute approximate surface area is 135 Å². The first-order valence-corrected chi connectivity index (χ1v) is 7.83. The van der Waals surface area contributed by atoms with Crippen molar-refractivity contribution in [3.8, 4) is 5.75 Å². The standard InChI is InChI=1S/C17H19ClN2O2/c1-19-17(5-6-17)11-22-15-8-14(9-20-10-15)12-3-2-4-13(7-12)16(18)21/h2-4,8-10,13,19H,5-7,11H2,1H3. The Morgan fingerprint density at radius 1 is 1.50 bits per heavy atom. The van der Waals surface area contributed by atoms with Gasteiger partial charge in [-0.2, -0.15) is 0 Å². The van der Waals surface area contributed by atoms with E-state index in [2.05, 4.69) is 10.3 Å². The van der Waals surface area contributed by atoms with E-state index in [0.717, 1.165) is 29.7 Å². The Kier molecular flexibility index (Phi) is 4.32. The molecule has 1 saturated carbocycles. The molecule has 0 amide bonds. The van der Waals surface area contributed by atoms with Gasteiger partial charge in [0.25, 0.3) is 0 Å². The van der Waals surface area contributed by atoms with E-state index in [9.17, 15) is 4.79 Å². The van der Waals surface area contributed by atoms with Crippen LogP contribution in [0.3, 0.4) is 0 Å². The second kappa shape index (κ2) is 6.23. The number of carbonyl (C=O) groups excluding carboxylic acids is 1. The summed E-state index contributed by atoms with van der Waals surface area (Å²) < 4.78 is 5.87. The van der Waals surface area contributed by atoms with Gasteiger partial charge in [-0.05, 0) is 55.1 Å². The summed E-state index contributed by atoms with van der Waals surface area (Å²) in [4.78, 5) is 15.6. The zero-order valence-corrected chi connectivity index (χ0v) is 13.3. The second-order valence-corrected chi connectivity index (χ2v) is 6.29. The highest BCUT2D eigenvalue weighted by molar-refractivity contribution is 6.64. The van der Waals surface area contributed by atoms with Crippen molar-refractivity contribution in [1.82, 2.24) is 10.3 Å². The van der Waals surface area contributed by atoms with Crippen molar-refractivity contribution < 1.29 is 9.53 Å². The van der Waals surface area contributed by atoms with Crippen LogP contribution < -0.4 is 10.1 Å². The average Bonchev–Trinajstić information content (AvgIpc) is 3.34. The predicted octanol–water partition coefficient (Wildman–Crippen LogP) is 2.94. The van der Waals surface area contributed by atoms with Crippen LogP contribution in [0, 0.1) is 5.92 Å². The minimum atomic E-state index is -0.327. The van der Waals surface area contributed by atoms with Crippen molar-refractivity contribution >= 4 is 22.4 Å². The summed E-state index contributed by atoms with van der Waals surface area (Å²) in [6.45, 7) is 0.649. The van der Waals surface area contributed by atoms with Gasteiger partial charge < -0.3 is 10.1 Å². The highest BCUT2D eigenvalue weighted by Crippen LogP contribution is 2.35. The molecule has 2 aliphatic rings. The molecule has 4 nitrogen and oxygen atoms in total. The van der Waals surface area contributed by atoms with E-state index < -0.39 is 0 Å². The van der Waals surface area contributed by atoms with Crippen molar-refractivity contribution in [2.75, 3.05) is 13.7 Å². The minimum absolute atomic E-state index is 0.138. The van der Waals surface area contributed by atoms with Gasteiger partial charge in [0.15, 0.2) is 0 Å². The number of nitrogens with one attached hydrogen (secondary N) is 1. The Hall–Kier alpha value is -1.65. The summed E-state index contributed by atoms with van der Waals surface area (Å²) in [6, 6.07) is 1.97. The summed E-state index contributed by atoms with van der Waals surface area (Å²) in [5.41, 5.74) is 2.16. The van der Waals surface area contributed by atoms with Crippen LogP contribution >= 0.6 is 11.6 Å². The zero-order chi connectivity index (χ0) is 15.6. The minimum Gasteiger partial charge on any atom is -0.490 e. The third-order valence-electron chi connectivity index (χ3n) is 4.36. The topological polar surface area (TPSA) is 51.2 Å². The molecule has 0 aliphatic heterocycles. The number of likely N-dealkylation sites (N-methyl/N-ethyl adjacent to an activating group) is 1. The maximum atomic E-state index is 11.3. The third-order valence-corrected chi connectivity index (χ3v) is 4.64. The lowest BCUT2D eigenvalue weighted by Gasteiger charge is -2.17. The van der Waals surface area contributed by atoms with Crippen LogP contribution in [0.2, 0.25) is 0 Å². The lowest BCUT2D eigenvalue weighted by atomic mass is 9.91. The fraction of sp³-hybridized carbons (Fsp3) is 0.412. The smallest absolute Gasteiger partial charge is 0.228 e. The normalized spacial score (nSPS) is 22.1. The van der Waals surface area contributed by atoms with Gasteiger partial charge in [0.1, 0.15) is 12.4 Å². The number of nitrogens with zero attached hydrogens (tertiary/aromatic N) is 1. The van der Waals surface area contributed by atoms with Crippen molar-refractivity contribution in [3.63, 3.8) is 0 Å². The predicted molar refractivity (Wildman–Crippen MR) is 86.8 cm³/mol. The van der Waals surface area contributed by atoms with Crippen LogP contribution in [0.4, 0.5) is 0 Å². The number of carbonyl (C=O) groups is 1. The second-order valence-electron chi connectivity index (χ2n) is 5.92. The lowest BCUT2D eigenvalue weighted by Crippen LogP contribution is -2.33. The third kappa shape index (κ3) is 3.39. The van der Waals surface area contributed by atoms with Gasteiger partial charge in [0, 0.05) is 6.20 Å². The molecule has 0 bridgehead atoms. The van der Waals surface area contributed by atoms with Crippen LogP contribution in [-0.2, 0) is 4.79 Å². The van der Waals surface area contributed by atoms with Crippen molar-refractivity contribution in [2.45, 2.75) is 24.8 Å². The van der Waals surface area contributed by atoms with Gasteiger partial charge in [-0.1, -0.05) is 18.2 Å². The van der Waals surface area contributed by atoms with Gasteiger partial charge in [-0.3, -0.25) is 9.78 Å². The Morgan fingerprint density at radius 2 is 2.32 bits per heavy atom. The molecule has 116 valence electrons. The molecule has 5 heteroatoms. The molecule has 0 saturated heterocycles. The molecule has 1 unspecified atom stereocenters. The Balaban J connectivity index is 1.70. The molecule has 2 aliphatic carbocycles. The van der Waals surface area contributed by atoms with Gasteiger partial charge in [-0.25, -0.2) is 0 Å². The van der Waals surface area contributed by atoms with Gasteiger partial charge in [0.05, 0.1) is 17.7 Å². The zero-order valence-electron chi connectivity index (χ0n) is 12.5. The van der Waals surface area contributed by atoms with Gasteiger partial charge >= 0.3 is 0 Å². The molecule has 22 heavy (non-hydrogen) atoms. The Bertz CT molecular complexity index is 635. The van der Waals surface area contributed by atoms with Crippen molar-refractivity contribution in [2.24, 2.45) is 5.92 Å².